The lowest BCUT2D eigenvalue weighted by atomic mass is 10.2. The third-order valence-corrected chi connectivity index (χ3v) is 3.48. The van der Waals surface area contributed by atoms with E-state index in [2.05, 4.69) is 9.97 Å². The van der Waals surface area contributed by atoms with Crippen molar-refractivity contribution in [3.05, 3.63) is 47.5 Å². The quantitative estimate of drug-likeness (QED) is 0.865. The summed E-state index contributed by atoms with van der Waals surface area (Å²) in [5.41, 5.74) is 2.13. The highest BCUT2D eigenvalue weighted by atomic mass is 16.7. The Morgan fingerprint density at radius 1 is 1.23 bits per heavy atom. The minimum Gasteiger partial charge on any atom is -0.454 e. The number of aryl methyl sites for hydroxylation is 1. The van der Waals surface area contributed by atoms with Gasteiger partial charge in [0, 0.05) is 19.3 Å². The Morgan fingerprint density at radius 3 is 2.77 bits per heavy atom. The summed E-state index contributed by atoms with van der Waals surface area (Å²) >= 11 is 0. The molecular weight excluding hydrogens is 282 g/mol. The predicted octanol–water partition coefficient (Wildman–Crippen LogP) is 2.18. The van der Waals surface area contributed by atoms with Gasteiger partial charge in [0.25, 0.3) is 5.91 Å². The number of rotatable bonds is 4. The zero-order chi connectivity index (χ0) is 15.5. The maximum absolute atomic E-state index is 12.5. The average Bonchev–Trinajstić information content (AvgIpc) is 3.00. The minimum absolute atomic E-state index is 0.132. The van der Waals surface area contributed by atoms with Crippen LogP contribution in [0, 0.1) is 6.92 Å². The zero-order valence-electron chi connectivity index (χ0n) is 12.6. The van der Waals surface area contributed by atoms with Crippen molar-refractivity contribution in [3.8, 4) is 11.5 Å². The van der Waals surface area contributed by atoms with Crippen LogP contribution in [0.1, 0.15) is 28.7 Å². The summed E-state index contributed by atoms with van der Waals surface area (Å²) in [4.78, 5) is 22.5. The van der Waals surface area contributed by atoms with Crippen LogP contribution in [0.25, 0.3) is 0 Å². The van der Waals surface area contributed by atoms with Gasteiger partial charge >= 0.3 is 0 Å². The number of carbonyl (C=O) groups is 1. The van der Waals surface area contributed by atoms with E-state index in [1.165, 1.54) is 6.20 Å². The fourth-order valence-electron chi connectivity index (χ4n) is 2.25. The van der Waals surface area contributed by atoms with Crippen molar-refractivity contribution < 1.29 is 14.3 Å². The van der Waals surface area contributed by atoms with Gasteiger partial charge in [-0.1, -0.05) is 6.07 Å². The Labute approximate surface area is 128 Å². The number of ether oxygens (including phenoxy) is 2. The highest BCUT2D eigenvalue weighted by molar-refractivity contribution is 5.91. The van der Waals surface area contributed by atoms with Crippen LogP contribution in [-0.2, 0) is 6.54 Å². The molecular formula is C16H17N3O3. The first-order chi connectivity index (χ1) is 10.7. The third kappa shape index (κ3) is 2.86. The van der Waals surface area contributed by atoms with Gasteiger partial charge in [0.2, 0.25) is 6.79 Å². The summed E-state index contributed by atoms with van der Waals surface area (Å²) < 4.78 is 10.7. The van der Waals surface area contributed by atoms with E-state index in [-0.39, 0.29) is 12.7 Å². The highest BCUT2D eigenvalue weighted by Crippen LogP contribution is 2.32. The van der Waals surface area contributed by atoms with Gasteiger partial charge in [-0.25, -0.2) is 4.98 Å². The van der Waals surface area contributed by atoms with Crippen LogP contribution in [0.4, 0.5) is 0 Å². The summed E-state index contributed by atoms with van der Waals surface area (Å²) in [6.07, 6.45) is 3.11. The molecule has 0 radical (unpaired) electrons. The fraction of sp³-hybridized carbons (Fsp3) is 0.312. The van der Waals surface area contributed by atoms with Crippen LogP contribution < -0.4 is 9.47 Å². The van der Waals surface area contributed by atoms with E-state index in [0.29, 0.717) is 18.8 Å². The van der Waals surface area contributed by atoms with Crippen molar-refractivity contribution in [1.82, 2.24) is 14.9 Å². The summed E-state index contributed by atoms with van der Waals surface area (Å²) in [6.45, 7) is 5.09. The molecule has 3 rings (SSSR count). The molecule has 0 aliphatic carbocycles. The lowest BCUT2D eigenvalue weighted by Gasteiger charge is -2.20. The van der Waals surface area contributed by atoms with Gasteiger partial charge in [-0.15, -0.1) is 0 Å². The molecule has 0 N–H and O–H groups in total. The van der Waals surface area contributed by atoms with Crippen molar-refractivity contribution >= 4 is 5.91 Å². The molecule has 0 saturated carbocycles. The van der Waals surface area contributed by atoms with Crippen molar-refractivity contribution in [2.75, 3.05) is 13.3 Å². The smallest absolute Gasteiger partial charge is 0.274 e. The van der Waals surface area contributed by atoms with Gasteiger partial charge in [0.1, 0.15) is 5.69 Å². The van der Waals surface area contributed by atoms with E-state index < -0.39 is 0 Å². The molecule has 114 valence electrons. The van der Waals surface area contributed by atoms with Crippen LogP contribution in [0.15, 0.2) is 30.6 Å². The molecule has 0 atom stereocenters. The van der Waals surface area contributed by atoms with Gasteiger partial charge in [0.15, 0.2) is 11.5 Å². The molecule has 1 aliphatic heterocycles. The summed E-state index contributed by atoms with van der Waals surface area (Å²) in [6, 6.07) is 5.70. The first-order valence-corrected chi connectivity index (χ1v) is 7.14. The van der Waals surface area contributed by atoms with Gasteiger partial charge < -0.3 is 14.4 Å². The van der Waals surface area contributed by atoms with Crippen LogP contribution >= 0.6 is 0 Å². The topological polar surface area (TPSA) is 64.6 Å². The van der Waals surface area contributed by atoms with Crippen LogP contribution in [-0.4, -0.2) is 34.1 Å². The first-order valence-electron chi connectivity index (χ1n) is 7.14. The molecule has 1 aliphatic rings. The lowest BCUT2D eigenvalue weighted by Crippen LogP contribution is -2.31. The van der Waals surface area contributed by atoms with E-state index in [9.17, 15) is 4.79 Å². The van der Waals surface area contributed by atoms with E-state index >= 15 is 0 Å². The maximum Gasteiger partial charge on any atom is 0.274 e. The molecule has 0 fully saturated rings. The van der Waals surface area contributed by atoms with E-state index in [0.717, 1.165) is 22.8 Å². The molecule has 0 spiro atoms. The second-order valence-corrected chi connectivity index (χ2v) is 5.05. The van der Waals surface area contributed by atoms with Crippen molar-refractivity contribution in [1.29, 1.82) is 0 Å². The molecule has 6 nitrogen and oxygen atoms in total. The van der Waals surface area contributed by atoms with Gasteiger partial charge in [0.05, 0.1) is 11.9 Å². The molecule has 2 heterocycles. The number of amides is 1. The fourth-order valence-corrected chi connectivity index (χ4v) is 2.25. The van der Waals surface area contributed by atoms with Gasteiger partial charge in [-0.2, -0.15) is 0 Å². The number of hydrogen-bond acceptors (Lipinski definition) is 5. The second-order valence-electron chi connectivity index (χ2n) is 5.05. The Balaban J connectivity index is 1.76. The van der Waals surface area contributed by atoms with Crippen molar-refractivity contribution in [3.63, 3.8) is 0 Å². The number of carbonyl (C=O) groups excluding carboxylic acids is 1. The normalized spacial score (nSPS) is 12.3. The summed E-state index contributed by atoms with van der Waals surface area (Å²) in [5, 5.41) is 0. The minimum atomic E-state index is -0.132. The number of aromatic nitrogens is 2. The maximum atomic E-state index is 12.5. The van der Waals surface area contributed by atoms with Crippen LogP contribution in [0.5, 0.6) is 11.5 Å². The standard InChI is InChI=1S/C16H17N3O3/c1-3-19(16(20)13-8-17-11(2)7-18-13)9-12-4-5-14-15(6-12)22-10-21-14/h4-8H,3,9-10H2,1-2H3. The van der Waals surface area contributed by atoms with E-state index in [1.54, 1.807) is 11.1 Å². The first kappa shape index (κ1) is 14.3. The van der Waals surface area contributed by atoms with Gasteiger partial charge in [-0.3, -0.25) is 9.78 Å². The molecule has 2 aromatic rings. The molecule has 22 heavy (non-hydrogen) atoms. The SMILES string of the molecule is CCN(Cc1ccc2c(c1)OCO2)C(=O)c1cnc(C)cn1. The Bertz CT molecular complexity index is 686. The Morgan fingerprint density at radius 2 is 2.05 bits per heavy atom. The predicted molar refractivity (Wildman–Crippen MR) is 79.7 cm³/mol. The number of benzene rings is 1. The average molecular weight is 299 g/mol. The third-order valence-electron chi connectivity index (χ3n) is 3.48. The molecule has 1 aromatic carbocycles. The molecule has 1 amide bonds. The second kappa shape index (κ2) is 6.01. The van der Waals surface area contributed by atoms with Crippen LogP contribution in [0.3, 0.4) is 0 Å². The molecule has 0 saturated heterocycles. The molecule has 0 unspecified atom stereocenters. The van der Waals surface area contributed by atoms with Crippen molar-refractivity contribution in [2.24, 2.45) is 0 Å². The van der Waals surface area contributed by atoms with E-state index in [1.807, 2.05) is 32.0 Å². The molecule has 6 heteroatoms. The molecule has 0 bridgehead atoms. The zero-order valence-corrected chi connectivity index (χ0v) is 12.6. The number of hydrogen-bond donors (Lipinski definition) is 0. The lowest BCUT2D eigenvalue weighted by molar-refractivity contribution is 0.0746. The van der Waals surface area contributed by atoms with Crippen LogP contribution in [0.2, 0.25) is 0 Å². The number of nitrogens with zero attached hydrogens (tertiary/aromatic N) is 3. The monoisotopic (exact) mass is 299 g/mol. The van der Waals surface area contributed by atoms with Gasteiger partial charge in [-0.05, 0) is 31.5 Å². The summed E-state index contributed by atoms with van der Waals surface area (Å²) in [7, 11) is 0. The number of fused-ring (bicyclic) bond motifs is 1. The largest absolute Gasteiger partial charge is 0.454 e. The van der Waals surface area contributed by atoms with Crippen molar-refractivity contribution in [2.45, 2.75) is 20.4 Å². The highest BCUT2D eigenvalue weighted by Gasteiger charge is 2.18. The Kier molecular flexibility index (Phi) is 3.91. The van der Waals surface area contributed by atoms with E-state index in [4.69, 9.17) is 9.47 Å². The molecule has 1 aromatic heterocycles. The summed E-state index contributed by atoms with van der Waals surface area (Å²) in [5.74, 6) is 1.33. The Hall–Kier alpha value is -2.63.